The zero-order valence-corrected chi connectivity index (χ0v) is 15.9. The normalized spacial score (nSPS) is 9.84. The fraction of sp³-hybridized carbons (Fsp3) is 0.0909. The van der Waals surface area contributed by atoms with Gasteiger partial charge >= 0.3 is 155 Å². The van der Waals surface area contributed by atoms with E-state index in [9.17, 15) is 0 Å². The Morgan fingerprint density at radius 3 is 2.08 bits per heavy atom. The number of hydrogen-bond acceptors (Lipinski definition) is 2. The van der Waals surface area contributed by atoms with Crippen LogP contribution in [0.4, 0.5) is 0 Å². The third-order valence-corrected chi connectivity index (χ3v) is 5.18. The van der Waals surface area contributed by atoms with Crippen LogP contribution in [-0.2, 0) is 0 Å². The molecule has 3 heteroatoms. The average molecular weight is 393 g/mol. The van der Waals surface area contributed by atoms with Crippen molar-refractivity contribution >= 4 is 19.4 Å². The summed E-state index contributed by atoms with van der Waals surface area (Å²) in [4.78, 5) is 3.34. The zero-order valence-electron chi connectivity index (χ0n) is 14.2. The molecule has 0 heterocycles. The van der Waals surface area contributed by atoms with E-state index in [2.05, 4.69) is 47.1 Å². The summed E-state index contributed by atoms with van der Waals surface area (Å²) in [6.45, 7) is 0. The van der Waals surface area contributed by atoms with Gasteiger partial charge in [0.1, 0.15) is 0 Å². The molecule has 0 bridgehead atoms. The molecule has 0 aromatic heterocycles. The van der Waals surface area contributed by atoms with Gasteiger partial charge in [0.15, 0.2) is 0 Å². The number of rotatable bonds is 4. The van der Waals surface area contributed by atoms with E-state index in [4.69, 9.17) is 9.47 Å². The fourth-order valence-electron chi connectivity index (χ4n) is 2.43. The second-order valence-corrected chi connectivity index (χ2v) is 7.13. The number of hydrogen-bond donors (Lipinski definition) is 0. The summed E-state index contributed by atoms with van der Waals surface area (Å²) < 4.78 is 12.1. The summed E-state index contributed by atoms with van der Waals surface area (Å²) in [6.07, 6.45) is 0. The molecule has 0 atom stereocenters. The van der Waals surface area contributed by atoms with Gasteiger partial charge in [-0.25, -0.2) is 0 Å². The SMILES string of the molecule is COc1cc(OC)cc(-c2ccccc2C#C[Se]c2ccccc2)c1. The maximum atomic E-state index is 5.38. The molecule has 0 radical (unpaired) electrons. The van der Waals surface area contributed by atoms with Crippen LogP contribution in [0.5, 0.6) is 11.5 Å². The Kier molecular flexibility index (Phi) is 5.80. The Balaban J connectivity index is 1.94. The zero-order chi connectivity index (χ0) is 17.5. The molecule has 0 saturated carbocycles. The monoisotopic (exact) mass is 394 g/mol. The van der Waals surface area contributed by atoms with Crippen LogP contribution in [0.25, 0.3) is 11.1 Å². The first-order chi connectivity index (χ1) is 12.3. The summed E-state index contributed by atoms with van der Waals surface area (Å²) in [5.74, 6) is 4.87. The molecule has 0 N–H and O–H groups in total. The van der Waals surface area contributed by atoms with Gasteiger partial charge < -0.3 is 0 Å². The Bertz CT molecular complexity index is 886. The van der Waals surface area contributed by atoms with Crippen molar-refractivity contribution in [2.75, 3.05) is 14.2 Å². The van der Waals surface area contributed by atoms with E-state index in [1.807, 2.05) is 36.4 Å². The molecule has 124 valence electrons. The molecule has 2 nitrogen and oxygen atoms in total. The van der Waals surface area contributed by atoms with Crippen LogP contribution in [0.2, 0.25) is 0 Å². The van der Waals surface area contributed by atoms with Gasteiger partial charge in [-0.15, -0.1) is 0 Å². The molecular formula is C22H18O2Se. The minimum atomic E-state index is 0.139. The summed E-state index contributed by atoms with van der Waals surface area (Å²) >= 11 is 0.139. The van der Waals surface area contributed by atoms with Crippen molar-refractivity contribution in [3.8, 4) is 33.4 Å². The second kappa shape index (κ2) is 8.44. The van der Waals surface area contributed by atoms with Crippen LogP contribution in [0.15, 0.2) is 72.8 Å². The number of benzene rings is 3. The van der Waals surface area contributed by atoms with Crippen molar-refractivity contribution in [1.82, 2.24) is 0 Å². The van der Waals surface area contributed by atoms with E-state index >= 15 is 0 Å². The van der Waals surface area contributed by atoms with E-state index in [-0.39, 0.29) is 15.0 Å². The van der Waals surface area contributed by atoms with E-state index in [0.717, 1.165) is 28.2 Å². The van der Waals surface area contributed by atoms with Crippen LogP contribution < -0.4 is 13.9 Å². The Hall–Kier alpha value is -2.66. The van der Waals surface area contributed by atoms with Crippen molar-refractivity contribution < 1.29 is 9.47 Å². The van der Waals surface area contributed by atoms with E-state index in [1.165, 1.54) is 4.46 Å². The molecule has 25 heavy (non-hydrogen) atoms. The van der Waals surface area contributed by atoms with Gasteiger partial charge in [0.2, 0.25) is 0 Å². The van der Waals surface area contributed by atoms with Crippen molar-refractivity contribution in [3.63, 3.8) is 0 Å². The summed E-state index contributed by atoms with van der Waals surface area (Å²) in [5, 5.41) is 0. The van der Waals surface area contributed by atoms with E-state index < -0.39 is 0 Å². The third-order valence-electron chi connectivity index (χ3n) is 3.69. The van der Waals surface area contributed by atoms with Crippen LogP contribution in [0.1, 0.15) is 5.56 Å². The second-order valence-electron chi connectivity index (χ2n) is 5.29. The number of methoxy groups -OCH3 is 2. The molecule has 3 aromatic carbocycles. The quantitative estimate of drug-likeness (QED) is 0.497. The van der Waals surface area contributed by atoms with Crippen LogP contribution in [-0.4, -0.2) is 29.2 Å². The molecule has 0 spiro atoms. The molecule has 0 saturated heterocycles. The summed E-state index contributed by atoms with van der Waals surface area (Å²) in [5.41, 5.74) is 3.12. The predicted molar refractivity (Wildman–Crippen MR) is 104 cm³/mol. The van der Waals surface area contributed by atoms with Crippen LogP contribution >= 0.6 is 0 Å². The van der Waals surface area contributed by atoms with Gasteiger partial charge in [0.05, 0.1) is 0 Å². The number of ether oxygens (including phenoxy) is 2. The van der Waals surface area contributed by atoms with Gasteiger partial charge in [-0.05, 0) is 0 Å². The topological polar surface area (TPSA) is 18.5 Å². The average Bonchev–Trinajstić information content (AvgIpc) is 2.68. The molecule has 3 aromatic rings. The first kappa shape index (κ1) is 17.2. The first-order valence-electron chi connectivity index (χ1n) is 7.85. The Morgan fingerprint density at radius 1 is 0.760 bits per heavy atom. The standard InChI is InChI=1S/C22H18O2Se/c1-23-19-14-18(15-20(16-19)24-2)22-11-7-6-8-17(22)12-13-25-21-9-4-3-5-10-21/h3-11,14-16H,1-2H3. The summed E-state index contributed by atoms with van der Waals surface area (Å²) in [7, 11) is 3.32. The Morgan fingerprint density at radius 2 is 1.40 bits per heavy atom. The van der Waals surface area contributed by atoms with E-state index in [1.54, 1.807) is 14.2 Å². The van der Waals surface area contributed by atoms with Crippen molar-refractivity contribution in [3.05, 3.63) is 78.4 Å². The maximum absolute atomic E-state index is 5.38. The van der Waals surface area contributed by atoms with Crippen molar-refractivity contribution in [2.45, 2.75) is 0 Å². The molecule has 0 aliphatic rings. The predicted octanol–water partition coefficient (Wildman–Crippen LogP) is 3.71. The fourth-order valence-corrected chi connectivity index (χ4v) is 3.63. The minimum absolute atomic E-state index is 0.139. The summed E-state index contributed by atoms with van der Waals surface area (Å²) in [6, 6.07) is 24.4. The molecule has 0 aliphatic heterocycles. The van der Waals surface area contributed by atoms with Gasteiger partial charge in [0, 0.05) is 0 Å². The van der Waals surface area contributed by atoms with Gasteiger partial charge in [0.25, 0.3) is 0 Å². The molecule has 0 fully saturated rings. The van der Waals surface area contributed by atoms with Gasteiger partial charge in [-0.1, -0.05) is 0 Å². The van der Waals surface area contributed by atoms with Gasteiger partial charge in [-0.2, -0.15) is 0 Å². The molecule has 0 amide bonds. The molecule has 0 aliphatic carbocycles. The van der Waals surface area contributed by atoms with Crippen molar-refractivity contribution in [2.24, 2.45) is 0 Å². The van der Waals surface area contributed by atoms with Crippen LogP contribution in [0, 0.1) is 10.7 Å². The molecular weight excluding hydrogens is 375 g/mol. The Labute approximate surface area is 155 Å². The van der Waals surface area contributed by atoms with E-state index in [0.29, 0.717) is 0 Å². The molecule has 0 unspecified atom stereocenters. The first-order valence-corrected chi connectivity index (χ1v) is 9.57. The van der Waals surface area contributed by atoms with Crippen molar-refractivity contribution in [1.29, 1.82) is 0 Å². The van der Waals surface area contributed by atoms with Gasteiger partial charge in [-0.3, -0.25) is 0 Å². The molecule has 3 rings (SSSR count). The third kappa shape index (κ3) is 4.45. The van der Waals surface area contributed by atoms with Crippen LogP contribution in [0.3, 0.4) is 0 Å².